The van der Waals surface area contributed by atoms with E-state index in [1.807, 2.05) is 0 Å². The van der Waals surface area contributed by atoms with Crippen molar-refractivity contribution < 1.29 is 22.5 Å². The second-order valence-corrected chi connectivity index (χ2v) is 4.08. The summed E-state index contributed by atoms with van der Waals surface area (Å²) in [6, 6.07) is 2.08. The number of benzene rings is 1. The van der Waals surface area contributed by atoms with E-state index < -0.39 is 15.2 Å². The Bertz CT molecular complexity index is 692. The van der Waals surface area contributed by atoms with Crippen molar-refractivity contribution in [2.75, 3.05) is 4.72 Å². The molecular formula is C6H4N4O6S. The molecule has 2 N–H and O–H groups in total. The maximum atomic E-state index is 10.6. The van der Waals surface area contributed by atoms with Crippen LogP contribution in [0.5, 0.6) is 0 Å². The molecule has 0 radical (unpaired) electrons. The van der Waals surface area contributed by atoms with Gasteiger partial charge in [-0.3, -0.25) is 19.4 Å². The van der Waals surface area contributed by atoms with Crippen molar-refractivity contribution in [1.82, 2.24) is 10.3 Å². The first-order chi connectivity index (χ1) is 7.88. The quantitative estimate of drug-likeness (QED) is 0.456. The van der Waals surface area contributed by atoms with E-state index in [9.17, 15) is 18.5 Å². The van der Waals surface area contributed by atoms with E-state index in [0.29, 0.717) is 0 Å². The highest BCUT2D eigenvalue weighted by Crippen LogP contribution is 2.28. The van der Waals surface area contributed by atoms with Crippen molar-refractivity contribution >= 4 is 32.7 Å². The molecule has 0 saturated carbocycles. The molecule has 1 aromatic carbocycles. The highest BCUT2D eigenvalue weighted by Gasteiger charge is 2.21. The fraction of sp³-hybridized carbons (Fsp3) is 0. The topological polar surface area (TPSA) is 148 Å². The molecule has 0 fully saturated rings. The summed E-state index contributed by atoms with van der Waals surface area (Å²) in [5.74, 6) is 0. The highest BCUT2D eigenvalue weighted by molar-refractivity contribution is 7.87. The Balaban J connectivity index is 2.65. The van der Waals surface area contributed by atoms with Gasteiger partial charge in [0.25, 0.3) is 0 Å². The number of nitrogens with one attached hydrogen (secondary N) is 1. The summed E-state index contributed by atoms with van der Waals surface area (Å²) in [5, 5.41) is 17.2. The van der Waals surface area contributed by atoms with Crippen molar-refractivity contribution in [3.8, 4) is 0 Å². The standard InChI is InChI=1S/C6H4N4O6S/c11-10(12)4-2-1-3(9-17(13,14)15)5-6(4)8-16-7-5/h1-2,9H,(H,13,14,15). The Morgan fingerprint density at radius 2 is 2.00 bits per heavy atom. The number of fused-ring (bicyclic) bond motifs is 1. The van der Waals surface area contributed by atoms with Crippen LogP contribution in [-0.4, -0.2) is 28.2 Å². The number of hydrogen-bond acceptors (Lipinski definition) is 7. The van der Waals surface area contributed by atoms with E-state index in [4.69, 9.17) is 4.55 Å². The summed E-state index contributed by atoms with van der Waals surface area (Å²) in [4.78, 5) is 9.90. The summed E-state index contributed by atoms with van der Waals surface area (Å²) in [5.41, 5.74) is -0.947. The van der Waals surface area contributed by atoms with E-state index in [-0.39, 0.29) is 22.4 Å². The van der Waals surface area contributed by atoms with Crippen LogP contribution in [0.15, 0.2) is 16.8 Å². The number of hydrogen-bond donors (Lipinski definition) is 2. The molecule has 0 spiro atoms. The van der Waals surface area contributed by atoms with Crippen LogP contribution in [-0.2, 0) is 10.3 Å². The van der Waals surface area contributed by atoms with Gasteiger partial charge < -0.3 is 0 Å². The van der Waals surface area contributed by atoms with E-state index in [1.165, 1.54) is 0 Å². The van der Waals surface area contributed by atoms with Crippen LogP contribution >= 0.6 is 0 Å². The van der Waals surface area contributed by atoms with Crippen LogP contribution in [0.25, 0.3) is 11.0 Å². The molecule has 10 nitrogen and oxygen atoms in total. The fourth-order valence-electron chi connectivity index (χ4n) is 1.22. The third-order valence-corrected chi connectivity index (χ3v) is 2.31. The third-order valence-electron chi connectivity index (χ3n) is 1.83. The molecule has 11 heteroatoms. The van der Waals surface area contributed by atoms with Crippen LogP contribution in [0.3, 0.4) is 0 Å². The molecule has 90 valence electrons. The average molecular weight is 260 g/mol. The zero-order chi connectivity index (χ0) is 12.6. The van der Waals surface area contributed by atoms with Gasteiger partial charge in [-0.05, 0) is 16.4 Å². The fourth-order valence-corrected chi connectivity index (χ4v) is 1.66. The van der Waals surface area contributed by atoms with Gasteiger partial charge in [0.15, 0.2) is 5.52 Å². The minimum Gasteiger partial charge on any atom is -0.269 e. The number of nitrogens with zero attached hydrogens (tertiary/aromatic N) is 3. The van der Waals surface area contributed by atoms with Crippen molar-refractivity contribution in [3.63, 3.8) is 0 Å². The molecule has 0 aliphatic heterocycles. The summed E-state index contributed by atoms with van der Waals surface area (Å²) in [7, 11) is -4.51. The lowest BCUT2D eigenvalue weighted by molar-refractivity contribution is -0.383. The van der Waals surface area contributed by atoms with Gasteiger partial charge in [-0.25, -0.2) is 4.63 Å². The number of nitro groups is 1. The Labute approximate surface area is 93.2 Å². The second-order valence-electron chi connectivity index (χ2n) is 2.93. The molecule has 2 aromatic rings. The van der Waals surface area contributed by atoms with E-state index in [2.05, 4.69) is 14.9 Å². The van der Waals surface area contributed by atoms with Gasteiger partial charge in [0.1, 0.15) is 0 Å². The van der Waals surface area contributed by atoms with Crippen LogP contribution in [0.2, 0.25) is 0 Å². The third kappa shape index (κ3) is 2.14. The van der Waals surface area contributed by atoms with E-state index >= 15 is 0 Å². The van der Waals surface area contributed by atoms with Crippen LogP contribution in [0.4, 0.5) is 11.4 Å². The maximum absolute atomic E-state index is 10.6. The number of non-ortho nitro benzene ring substituents is 1. The molecule has 1 heterocycles. The van der Waals surface area contributed by atoms with Crippen LogP contribution in [0.1, 0.15) is 0 Å². The first-order valence-corrected chi connectivity index (χ1v) is 5.47. The molecular weight excluding hydrogens is 256 g/mol. The van der Waals surface area contributed by atoms with Gasteiger partial charge in [0.2, 0.25) is 5.52 Å². The second kappa shape index (κ2) is 3.64. The number of anilines is 1. The predicted molar refractivity (Wildman–Crippen MR) is 53.6 cm³/mol. The average Bonchev–Trinajstić information content (AvgIpc) is 2.63. The van der Waals surface area contributed by atoms with Gasteiger partial charge in [0, 0.05) is 6.07 Å². The van der Waals surface area contributed by atoms with Gasteiger partial charge in [0.05, 0.1) is 10.6 Å². The first kappa shape index (κ1) is 11.2. The Morgan fingerprint density at radius 3 is 2.59 bits per heavy atom. The summed E-state index contributed by atoms with van der Waals surface area (Å²) < 4.78 is 35.8. The molecule has 0 unspecified atom stereocenters. The Hall–Kier alpha value is -2.27. The Kier molecular flexibility index (Phi) is 2.40. The van der Waals surface area contributed by atoms with Gasteiger partial charge in [-0.1, -0.05) is 0 Å². The first-order valence-electron chi connectivity index (χ1n) is 4.03. The van der Waals surface area contributed by atoms with Gasteiger partial charge >= 0.3 is 16.0 Å². The number of aromatic nitrogens is 2. The van der Waals surface area contributed by atoms with Crippen LogP contribution in [0, 0.1) is 10.1 Å². The largest absolute Gasteiger partial charge is 0.357 e. The smallest absolute Gasteiger partial charge is 0.269 e. The Morgan fingerprint density at radius 1 is 1.35 bits per heavy atom. The number of rotatable bonds is 3. The molecule has 0 aliphatic carbocycles. The molecule has 0 saturated heterocycles. The lowest BCUT2D eigenvalue weighted by Gasteiger charge is -2.01. The molecule has 0 bridgehead atoms. The molecule has 2 rings (SSSR count). The maximum Gasteiger partial charge on any atom is 0.357 e. The van der Waals surface area contributed by atoms with E-state index in [0.717, 1.165) is 12.1 Å². The minimum atomic E-state index is -4.51. The van der Waals surface area contributed by atoms with Crippen molar-refractivity contribution in [2.24, 2.45) is 0 Å². The predicted octanol–water partition coefficient (Wildman–Crippen LogP) is 0.346. The zero-order valence-corrected chi connectivity index (χ0v) is 8.71. The lowest BCUT2D eigenvalue weighted by Crippen LogP contribution is -2.10. The molecule has 0 aliphatic rings. The van der Waals surface area contributed by atoms with Crippen molar-refractivity contribution in [2.45, 2.75) is 0 Å². The van der Waals surface area contributed by atoms with Gasteiger partial charge in [-0.2, -0.15) is 8.42 Å². The number of nitro benzene ring substituents is 1. The zero-order valence-electron chi connectivity index (χ0n) is 7.89. The molecule has 1 aromatic heterocycles. The minimum absolute atomic E-state index is 0.170. The molecule has 0 amide bonds. The SMILES string of the molecule is O=[N+]([O-])c1ccc(NS(=O)(=O)O)c2nonc12. The summed E-state index contributed by atoms with van der Waals surface area (Å²) in [6.07, 6.45) is 0. The summed E-state index contributed by atoms with van der Waals surface area (Å²) >= 11 is 0. The summed E-state index contributed by atoms with van der Waals surface area (Å²) in [6.45, 7) is 0. The lowest BCUT2D eigenvalue weighted by atomic mass is 10.2. The van der Waals surface area contributed by atoms with E-state index in [1.54, 1.807) is 4.72 Å². The van der Waals surface area contributed by atoms with Crippen LogP contribution < -0.4 is 4.72 Å². The van der Waals surface area contributed by atoms with Gasteiger partial charge in [-0.15, -0.1) is 0 Å². The molecule has 0 atom stereocenters. The normalized spacial score (nSPS) is 11.6. The monoisotopic (exact) mass is 260 g/mol. The highest BCUT2D eigenvalue weighted by atomic mass is 32.2. The molecule has 17 heavy (non-hydrogen) atoms. The van der Waals surface area contributed by atoms with Crippen molar-refractivity contribution in [3.05, 3.63) is 22.2 Å². The van der Waals surface area contributed by atoms with Crippen molar-refractivity contribution in [1.29, 1.82) is 0 Å².